The van der Waals surface area contributed by atoms with E-state index in [1.807, 2.05) is 24.3 Å². The van der Waals surface area contributed by atoms with Crippen molar-refractivity contribution in [2.45, 2.75) is 12.5 Å². The van der Waals surface area contributed by atoms with E-state index in [0.717, 1.165) is 18.7 Å². The molecule has 1 heterocycles. The highest BCUT2D eigenvalue weighted by atomic mass is 16.5. The first-order valence-corrected chi connectivity index (χ1v) is 10.0. The molecular weight excluding hydrogens is 394 g/mol. The van der Waals surface area contributed by atoms with E-state index in [-0.39, 0.29) is 17.6 Å². The molecule has 158 valence electrons. The Morgan fingerprint density at radius 3 is 2.32 bits per heavy atom. The number of anilines is 3. The van der Waals surface area contributed by atoms with E-state index in [4.69, 9.17) is 15.6 Å². The van der Waals surface area contributed by atoms with Crippen molar-refractivity contribution in [1.29, 1.82) is 0 Å². The molecule has 1 unspecified atom stereocenters. The number of ether oxygens (including phenoxy) is 1. The zero-order valence-corrected chi connectivity index (χ0v) is 16.8. The highest BCUT2D eigenvalue weighted by molar-refractivity contribution is 6.05. The molecule has 1 saturated heterocycles. The molecule has 0 saturated carbocycles. The normalized spacial score (nSPS) is 15.5. The molecule has 4 rings (SSSR count). The summed E-state index contributed by atoms with van der Waals surface area (Å²) in [5.74, 6) is -0.510. The number of carboxylic acid groups (broad SMARTS) is 1. The molecule has 4 N–H and O–H groups in total. The maximum atomic E-state index is 12.5. The Balaban J connectivity index is 1.34. The summed E-state index contributed by atoms with van der Waals surface area (Å²) >= 11 is 0. The average Bonchev–Trinajstić information content (AvgIpc) is 3.24. The Bertz CT molecular complexity index is 1080. The highest BCUT2D eigenvalue weighted by Crippen LogP contribution is 2.25. The van der Waals surface area contributed by atoms with Gasteiger partial charge in [-0.15, -0.1) is 0 Å². The quantitative estimate of drug-likeness (QED) is 0.526. The van der Waals surface area contributed by atoms with Crippen LogP contribution in [-0.4, -0.2) is 36.2 Å². The molecule has 1 aliphatic rings. The number of carbonyl (C=O) groups is 2. The van der Waals surface area contributed by atoms with Crippen LogP contribution in [0.2, 0.25) is 0 Å². The second-order valence-corrected chi connectivity index (χ2v) is 7.39. The second-order valence-electron chi connectivity index (χ2n) is 7.39. The number of nitrogen functional groups attached to an aromatic ring is 1. The van der Waals surface area contributed by atoms with Crippen molar-refractivity contribution in [2.24, 2.45) is 0 Å². The molecule has 1 fully saturated rings. The lowest BCUT2D eigenvalue weighted by atomic mass is 10.1. The highest BCUT2D eigenvalue weighted by Gasteiger charge is 2.24. The van der Waals surface area contributed by atoms with Gasteiger partial charge >= 0.3 is 5.97 Å². The minimum Gasteiger partial charge on any atom is -0.489 e. The third kappa shape index (κ3) is 4.78. The van der Waals surface area contributed by atoms with E-state index in [1.54, 1.807) is 36.4 Å². The van der Waals surface area contributed by atoms with E-state index in [0.29, 0.717) is 29.2 Å². The summed E-state index contributed by atoms with van der Waals surface area (Å²) in [6.45, 7) is 1.55. The lowest BCUT2D eigenvalue weighted by molar-refractivity contribution is 0.0696. The fourth-order valence-electron chi connectivity index (χ4n) is 3.56. The number of nitrogens with two attached hydrogens (primary N) is 1. The van der Waals surface area contributed by atoms with Gasteiger partial charge in [0.1, 0.15) is 11.9 Å². The van der Waals surface area contributed by atoms with Crippen LogP contribution < -0.4 is 20.7 Å². The summed E-state index contributed by atoms with van der Waals surface area (Å²) in [4.78, 5) is 25.6. The van der Waals surface area contributed by atoms with E-state index >= 15 is 0 Å². The number of benzene rings is 3. The molecule has 0 aromatic heterocycles. The summed E-state index contributed by atoms with van der Waals surface area (Å²) in [5.41, 5.74) is 8.80. The van der Waals surface area contributed by atoms with Crippen molar-refractivity contribution in [3.05, 3.63) is 83.9 Å². The Morgan fingerprint density at radius 1 is 0.968 bits per heavy atom. The monoisotopic (exact) mass is 417 g/mol. The minimum absolute atomic E-state index is 0.0136. The van der Waals surface area contributed by atoms with Gasteiger partial charge in [0.15, 0.2) is 0 Å². The maximum absolute atomic E-state index is 12.5. The molecule has 31 heavy (non-hydrogen) atoms. The number of carbonyl (C=O) groups excluding carboxylic acids is 1. The first-order chi connectivity index (χ1) is 15.0. The van der Waals surface area contributed by atoms with Crippen LogP contribution in [0.15, 0.2) is 72.8 Å². The Hall–Kier alpha value is -4.00. The summed E-state index contributed by atoms with van der Waals surface area (Å²) < 4.78 is 5.99. The zero-order valence-electron chi connectivity index (χ0n) is 16.8. The molecular formula is C24H23N3O4. The summed E-state index contributed by atoms with van der Waals surface area (Å²) in [6.07, 6.45) is 0.871. The van der Waals surface area contributed by atoms with Crippen molar-refractivity contribution in [1.82, 2.24) is 0 Å². The number of aromatic carboxylic acids is 1. The van der Waals surface area contributed by atoms with Crippen LogP contribution in [0.4, 0.5) is 17.1 Å². The van der Waals surface area contributed by atoms with Gasteiger partial charge in [-0.2, -0.15) is 0 Å². The van der Waals surface area contributed by atoms with Gasteiger partial charge in [0.2, 0.25) is 0 Å². The van der Waals surface area contributed by atoms with Crippen LogP contribution in [0.1, 0.15) is 27.1 Å². The number of amides is 1. The zero-order chi connectivity index (χ0) is 21.8. The number of carboxylic acids is 1. The van der Waals surface area contributed by atoms with Gasteiger partial charge in [0, 0.05) is 24.2 Å². The fourth-order valence-corrected chi connectivity index (χ4v) is 3.56. The summed E-state index contributed by atoms with van der Waals surface area (Å²) in [7, 11) is 0. The molecule has 3 aromatic carbocycles. The lowest BCUT2D eigenvalue weighted by Gasteiger charge is -2.19. The third-order valence-corrected chi connectivity index (χ3v) is 5.25. The van der Waals surface area contributed by atoms with E-state index < -0.39 is 5.97 Å². The summed E-state index contributed by atoms with van der Waals surface area (Å²) in [5, 5.41) is 11.8. The van der Waals surface area contributed by atoms with E-state index in [2.05, 4.69) is 10.2 Å². The molecule has 0 spiro atoms. The van der Waals surface area contributed by atoms with Crippen LogP contribution in [0.5, 0.6) is 5.75 Å². The maximum Gasteiger partial charge on any atom is 0.335 e. The number of nitrogens with one attached hydrogen (secondary N) is 1. The minimum atomic E-state index is -0.956. The number of para-hydroxylation sites is 2. The predicted molar refractivity (Wildman–Crippen MR) is 120 cm³/mol. The van der Waals surface area contributed by atoms with Gasteiger partial charge in [-0.25, -0.2) is 4.79 Å². The molecule has 0 bridgehead atoms. The number of hydrogen-bond acceptors (Lipinski definition) is 5. The fraction of sp³-hybridized carbons (Fsp3) is 0.167. The number of rotatable bonds is 6. The van der Waals surface area contributed by atoms with Gasteiger partial charge in [0.25, 0.3) is 5.91 Å². The molecule has 3 aromatic rings. The topological polar surface area (TPSA) is 105 Å². The smallest absolute Gasteiger partial charge is 0.335 e. The van der Waals surface area contributed by atoms with Gasteiger partial charge in [-0.1, -0.05) is 12.1 Å². The van der Waals surface area contributed by atoms with Crippen LogP contribution in [0, 0.1) is 0 Å². The Morgan fingerprint density at radius 2 is 1.65 bits per heavy atom. The first-order valence-electron chi connectivity index (χ1n) is 10.0. The van der Waals surface area contributed by atoms with E-state index in [9.17, 15) is 9.59 Å². The standard InChI is InChI=1S/C24H23N3O4/c25-21-3-1-2-4-22(21)26-23(28)16-5-9-18(10-6-16)27-14-13-20(15-27)31-19-11-7-17(8-12-19)24(29)30/h1-12,20H,13-15,25H2,(H,26,28)(H,29,30). The van der Waals surface area contributed by atoms with Gasteiger partial charge in [-0.05, 0) is 60.7 Å². The first kappa shape index (κ1) is 20.3. The molecule has 1 atom stereocenters. The van der Waals surface area contributed by atoms with Crippen molar-refractivity contribution < 1.29 is 19.4 Å². The Kier molecular flexibility index (Phi) is 5.75. The van der Waals surface area contributed by atoms with E-state index in [1.165, 1.54) is 12.1 Å². The number of nitrogens with zero attached hydrogens (tertiary/aromatic N) is 1. The third-order valence-electron chi connectivity index (χ3n) is 5.25. The molecule has 1 aliphatic heterocycles. The number of hydrogen-bond donors (Lipinski definition) is 3. The van der Waals surface area contributed by atoms with Gasteiger partial charge < -0.3 is 25.8 Å². The molecule has 0 aliphatic carbocycles. The van der Waals surface area contributed by atoms with Gasteiger partial charge in [0.05, 0.1) is 23.5 Å². The van der Waals surface area contributed by atoms with Crippen molar-refractivity contribution >= 4 is 28.9 Å². The van der Waals surface area contributed by atoms with Crippen molar-refractivity contribution in [3.8, 4) is 5.75 Å². The van der Waals surface area contributed by atoms with Crippen molar-refractivity contribution in [2.75, 3.05) is 29.0 Å². The van der Waals surface area contributed by atoms with Crippen LogP contribution in [0.25, 0.3) is 0 Å². The van der Waals surface area contributed by atoms with Gasteiger partial charge in [-0.3, -0.25) is 4.79 Å². The van der Waals surface area contributed by atoms with Crippen molar-refractivity contribution in [3.63, 3.8) is 0 Å². The lowest BCUT2D eigenvalue weighted by Crippen LogP contribution is -2.24. The molecule has 0 radical (unpaired) electrons. The van der Waals surface area contributed by atoms with Crippen LogP contribution in [-0.2, 0) is 0 Å². The molecule has 7 heteroatoms. The second kappa shape index (κ2) is 8.79. The summed E-state index contributed by atoms with van der Waals surface area (Å²) in [6, 6.07) is 21.0. The predicted octanol–water partition coefficient (Wildman–Crippen LogP) is 3.88. The SMILES string of the molecule is Nc1ccccc1NC(=O)c1ccc(N2CCC(Oc3ccc(C(=O)O)cc3)C2)cc1. The Labute approximate surface area is 180 Å². The molecule has 7 nitrogen and oxygen atoms in total. The van der Waals surface area contributed by atoms with Crippen LogP contribution >= 0.6 is 0 Å². The molecule has 1 amide bonds. The largest absolute Gasteiger partial charge is 0.489 e. The van der Waals surface area contributed by atoms with Crippen LogP contribution in [0.3, 0.4) is 0 Å². The average molecular weight is 417 g/mol.